The minimum absolute atomic E-state index is 0.155. The minimum Gasteiger partial charge on any atom is -0.497 e. The van der Waals surface area contributed by atoms with E-state index in [1.165, 1.54) is 24.8 Å². The molecule has 1 N–H and O–H groups in total. The Hall–Kier alpha value is -1.03. The van der Waals surface area contributed by atoms with Crippen molar-refractivity contribution in [3.05, 3.63) is 29.8 Å². The molecule has 3 nitrogen and oxygen atoms in total. The van der Waals surface area contributed by atoms with Crippen LogP contribution in [-0.2, 0) is 11.2 Å². The molecule has 0 saturated heterocycles. The summed E-state index contributed by atoms with van der Waals surface area (Å²) < 4.78 is 5.13. The Bertz CT molecular complexity index is 447. The minimum atomic E-state index is 0.155. The van der Waals surface area contributed by atoms with Crippen molar-refractivity contribution < 1.29 is 9.53 Å². The highest BCUT2D eigenvalue weighted by atomic mass is 79.9. The van der Waals surface area contributed by atoms with Crippen molar-refractivity contribution in [1.82, 2.24) is 5.32 Å². The van der Waals surface area contributed by atoms with Gasteiger partial charge in [-0.05, 0) is 37.0 Å². The first kappa shape index (κ1) is 16.3. The summed E-state index contributed by atoms with van der Waals surface area (Å²) in [5.74, 6) is 1.01. The molecule has 0 bridgehead atoms. The topological polar surface area (TPSA) is 38.3 Å². The third-order valence-corrected chi connectivity index (χ3v) is 5.17. The van der Waals surface area contributed by atoms with Gasteiger partial charge in [0.15, 0.2) is 0 Å². The van der Waals surface area contributed by atoms with Crippen LogP contribution < -0.4 is 10.1 Å². The van der Waals surface area contributed by atoms with E-state index in [0.29, 0.717) is 11.2 Å². The fraction of sp³-hybridized carbons (Fsp3) is 0.588. The summed E-state index contributed by atoms with van der Waals surface area (Å²) in [6.45, 7) is 0. The average molecular weight is 354 g/mol. The van der Waals surface area contributed by atoms with E-state index >= 15 is 0 Å². The van der Waals surface area contributed by atoms with Gasteiger partial charge in [0.25, 0.3) is 0 Å². The lowest BCUT2D eigenvalue weighted by atomic mass is 10.1. The maximum absolute atomic E-state index is 12.1. The molecule has 1 amide bonds. The number of amides is 1. The highest BCUT2D eigenvalue weighted by Crippen LogP contribution is 2.23. The Morgan fingerprint density at radius 3 is 2.67 bits per heavy atom. The second-order valence-corrected chi connectivity index (χ2v) is 6.85. The van der Waals surface area contributed by atoms with E-state index in [1.807, 2.05) is 24.3 Å². The molecule has 4 heteroatoms. The molecule has 0 aliphatic heterocycles. The Morgan fingerprint density at radius 2 is 1.95 bits per heavy atom. The van der Waals surface area contributed by atoms with Crippen LogP contribution in [0.3, 0.4) is 0 Å². The highest BCUT2D eigenvalue weighted by molar-refractivity contribution is 9.09. The summed E-state index contributed by atoms with van der Waals surface area (Å²) >= 11 is 3.72. The maximum Gasteiger partial charge on any atom is 0.220 e. The van der Waals surface area contributed by atoms with E-state index < -0.39 is 0 Å². The molecular weight excluding hydrogens is 330 g/mol. The number of ether oxygens (including phenoxy) is 1. The zero-order valence-corrected chi connectivity index (χ0v) is 14.2. The summed E-state index contributed by atoms with van der Waals surface area (Å²) in [6.07, 6.45) is 7.31. The molecule has 1 aliphatic rings. The number of benzene rings is 1. The predicted molar refractivity (Wildman–Crippen MR) is 89.0 cm³/mol. The first-order valence-corrected chi connectivity index (χ1v) is 8.67. The number of aryl methyl sites for hydroxylation is 1. The number of alkyl halides is 1. The lowest BCUT2D eigenvalue weighted by Gasteiger charge is -2.21. The van der Waals surface area contributed by atoms with Crippen molar-refractivity contribution in [3.63, 3.8) is 0 Å². The molecule has 21 heavy (non-hydrogen) atoms. The van der Waals surface area contributed by atoms with Crippen LogP contribution in [0.25, 0.3) is 0 Å². The van der Waals surface area contributed by atoms with Gasteiger partial charge in [0.1, 0.15) is 5.75 Å². The van der Waals surface area contributed by atoms with Gasteiger partial charge in [-0.2, -0.15) is 0 Å². The Kier molecular flexibility index (Phi) is 6.55. The molecule has 1 fully saturated rings. The number of carbonyl (C=O) groups is 1. The van der Waals surface area contributed by atoms with E-state index in [9.17, 15) is 4.79 Å². The molecule has 2 unspecified atom stereocenters. The van der Waals surface area contributed by atoms with E-state index in [-0.39, 0.29) is 11.9 Å². The molecule has 116 valence electrons. The molecule has 0 heterocycles. The fourth-order valence-corrected chi connectivity index (χ4v) is 3.47. The van der Waals surface area contributed by atoms with Crippen LogP contribution >= 0.6 is 15.9 Å². The molecule has 2 atom stereocenters. The van der Waals surface area contributed by atoms with Crippen LogP contribution in [0.5, 0.6) is 5.75 Å². The van der Waals surface area contributed by atoms with Gasteiger partial charge >= 0.3 is 0 Å². The van der Waals surface area contributed by atoms with Crippen LogP contribution in [0.15, 0.2) is 24.3 Å². The largest absolute Gasteiger partial charge is 0.497 e. The smallest absolute Gasteiger partial charge is 0.220 e. The molecule has 0 spiro atoms. The fourth-order valence-electron chi connectivity index (χ4n) is 2.75. The Labute approximate surface area is 135 Å². The van der Waals surface area contributed by atoms with Crippen LogP contribution in [0.1, 0.15) is 44.1 Å². The van der Waals surface area contributed by atoms with Gasteiger partial charge in [0, 0.05) is 17.3 Å². The summed E-state index contributed by atoms with van der Waals surface area (Å²) in [4.78, 5) is 12.5. The van der Waals surface area contributed by atoms with Gasteiger partial charge in [-0.25, -0.2) is 0 Å². The first-order valence-electron chi connectivity index (χ1n) is 7.75. The van der Waals surface area contributed by atoms with E-state index in [4.69, 9.17) is 4.74 Å². The second kappa shape index (κ2) is 8.42. The average Bonchev–Trinajstić information content (AvgIpc) is 2.71. The number of carbonyl (C=O) groups excluding carboxylic acids is 1. The molecule has 1 aliphatic carbocycles. The van der Waals surface area contributed by atoms with Gasteiger partial charge in [-0.15, -0.1) is 0 Å². The highest BCUT2D eigenvalue weighted by Gasteiger charge is 2.22. The van der Waals surface area contributed by atoms with Crippen LogP contribution in [0.4, 0.5) is 0 Å². The first-order chi connectivity index (χ1) is 10.2. The number of rotatable bonds is 5. The third kappa shape index (κ3) is 5.34. The summed E-state index contributed by atoms with van der Waals surface area (Å²) in [5, 5.41) is 3.19. The molecule has 1 aromatic carbocycles. The molecule has 0 radical (unpaired) electrons. The molecular formula is C17H24BrNO2. The monoisotopic (exact) mass is 353 g/mol. The van der Waals surface area contributed by atoms with E-state index in [2.05, 4.69) is 21.2 Å². The molecule has 0 aromatic heterocycles. The maximum atomic E-state index is 12.1. The number of hydrogen-bond donors (Lipinski definition) is 1. The van der Waals surface area contributed by atoms with Crippen LogP contribution in [-0.4, -0.2) is 23.9 Å². The SMILES string of the molecule is COc1ccc(CCC(=O)NC2CCCCCC2Br)cc1. The zero-order chi connectivity index (χ0) is 15.1. The van der Waals surface area contributed by atoms with Crippen molar-refractivity contribution in [2.75, 3.05) is 7.11 Å². The number of methoxy groups -OCH3 is 1. The zero-order valence-electron chi connectivity index (χ0n) is 12.6. The summed E-state index contributed by atoms with van der Waals surface area (Å²) in [5.41, 5.74) is 1.17. The van der Waals surface area contributed by atoms with E-state index in [1.54, 1.807) is 7.11 Å². The summed E-state index contributed by atoms with van der Waals surface area (Å²) in [7, 11) is 1.66. The van der Waals surface area contributed by atoms with E-state index in [0.717, 1.165) is 25.0 Å². The van der Waals surface area contributed by atoms with Crippen molar-refractivity contribution in [2.45, 2.75) is 55.8 Å². The Morgan fingerprint density at radius 1 is 1.24 bits per heavy atom. The summed E-state index contributed by atoms with van der Waals surface area (Å²) in [6, 6.07) is 8.20. The lowest BCUT2D eigenvalue weighted by molar-refractivity contribution is -0.121. The van der Waals surface area contributed by atoms with Crippen LogP contribution in [0.2, 0.25) is 0 Å². The quantitative estimate of drug-likeness (QED) is 0.645. The van der Waals surface area contributed by atoms with Gasteiger partial charge in [0.05, 0.1) is 7.11 Å². The molecule has 1 aromatic rings. The number of halogens is 1. The Balaban J connectivity index is 1.78. The molecule has 2 rings (SSSR count). The van der Waals surface area contributed by atoms with Gasteiger partial charge in [-0.1, -0.05) is 47.3 Å². The van der Waals surface area contributed by atoms with Crippen molar-refractivity contribution in [2.24, 2.45) is 0 Å². The predicted octanol–water partition coefficient (Wildman–Crippen LogP) is 3.84. The second-order valence-electron chi connectivity index (χ2n) is 5.68. The third-order valence-electron chi connectivity index (χ3n) is 4.08. The van der Waals surface area contributed by atoms with Gasteiger partial charge < -0.3 is 10.1 Å². The molecule has 1 saturated carbocycles. The normalized spacial score (nSPS) is 22.4. The number of hydrogen-bond acceptors (Lipinski definition) is 2. The van der Waals surface area contributed by atoms with Gasteiger partial charge in [-0.3, -0.25) is 4.79 Å². The standard InChI is InChI=1S/C17H24BrNO2/c1-21-14-10-7-13(8-11-14)9-12-17(20)19-16-6-4-2-3-5-15(16)18/h7-8,10-11,15-16H,2-6,9,12H2,1H3,(H,19,20). The number of nitrogens with one attached hydrogen (secondary N) is 1. The lowest BCUT2D eigenvalue weighted by Crippen LogP contribution is -2.40. The van der Waals surface area contributed by atoms with Crippen LogP contribution in [0, 0.1) is 0 Å². The van der Waals surface area contributed by atoms with Gasteiger partial charge in [0.2, 0.25) is 5.91 Å². The van der Waals surface area contributed by atoms with Crippen molar-refractivity contribution >= 4 is 21.8 Å². The van der Waals surface area contributed by atoms with Crippen molar-refractivity contribution in [1.29, 1.82) is 0 Å². The van der Waals surface area contributed by atoms with Crippen molar-refractivity contribution in [3.8, 4) is 5.75 Å².